The van der Waals surface area contributed by atoms with Crippen molar-refractivity contribution in [3.63, 3.8) is 0 Å². The molecule has 1 atom stereocenters. The Bertz CT molecular complexity index is 1740. The van der Waals surface area contributed by atoms with Gasteiger partial charge < -0.3 is 10.2 Å². The highest BCUT2D eigenvalue weighted by Gasteiger charge is 2.36. The third-order valence-corrected chi connectivity index (χ3v) is 9.60. The molecule has 2 amide bonds. The van der Waals surface area contributed by atoms with Crippen molar-refractivity contribution in [2.45, 2.75) is 57.1 Å². The van der Waals surface area contributed by atoms with E-state index in [2.05, 4.69) is 21.2 Å². The molecule has 1 unspecified atom stereocenters. The largest absolute Gasteiger partial charge is 0.350 e. The van der Waals surface area contributed by atoms with Gasteiger partial charge in [0, 0.05) is 28.0 Å². The molecule has 0 bridgehead atoms. The summed E-state index contributed by atoms with van der Waals surface area (Å²) < 4.78 is 30.3. The molecule has 0 fully saturated rings. The minimum absolute atomic E-state index is 0.00666. The number of anilines is 1. The number of nitrogens with zero attached hydrogens (tertiary/aromatic N) is 2. The number of aryl methyl sites for hydroxylation is 1. The number of benzene rings is 4. The Labute approximate surface area is 279 Å². The average Bonchev–Trinajstić information content (AvgIpc) is 2.98. The summed E-state index contributed by atoms with van der Waals surface area (Å²) in [4.78, 5) is 30.0. The normalized spacial score (nSPS) is 12.3. The fraction of sp³-hybridized carbons (Fsp3) is 0.257. The Balaban J connectivity index is 1.83. The molecular formula is C35H37BrClN3O4S. The molecule has 0 spiro atoms. The molecular weight excluding hydrogens is 674 g/mol. The number of rotatable bonds is 11. The second-order valence-electron chi connectivity index (χ2n) is 11.8. The molecule has 4 aromatic rings. The molecule has 0 saturated carbocycles. The number of hydrogen-bond donors (Lipinski definition) is 1. The van der Waals surface area contributed by atoms with Crippen molar-refractivity contribution in [3.05, 3.63) is 129 Å². The lowest BCUT2D eigenvalue weighted by Gasteiger charge is -2.35. The zero-order valence-electron chi connectivity index (χ0n) is 25.7. The van der Waals surface area contributed by atoms with Crippen molar-refractivity contribution in [3.8, 4) is 0 Å². The molecule has 0 aliphatic heterocycles. The van der Waals surface area contributed by atoms with Crippen LogP contribution < -0.4 is 9.62 Å². The van der Waals surface area contributed by atoms with Crippen LogP contribution in [0.2, 0.25) is 5.02 Å². The van der Waals surface area contributed by atoms with Crippen molar-refractivity contribution in [1.29, 1.82) is 0 Å². The van der Waals surface area contributed by atoms with Gasteiger partial charge >= 0.3 is 0 Å². The van der Waals surface area contributed by atoms with Crippen molar-refractivity contribution in [1.82, 2.24) is 10.2 Å². The molecule has 0 heterocycles. The molecule has 10 heteroatoms. The average molecular weight is 711 g/mol. The van der Waals surface area contributed by atoms with E-state index in [-0.39, 0.29) is 23.8 Å². The quantitative estimate of drug-likeness (QED) is 0.179. The molecule has 7 nitrogen and oxygen atoms in total. The fourth-order valence-electron chi connectivity index (χ4n) is 4.93. The molecule has 236 valence electrons. The van der Waals surface area contributed by atoms with Crippen molar-refractivity contribution in [2.24, 2.45) is 0 Å². The van der Waals surface area contributed by atoms with E-state index in [0.717, 1.165) is 19.9 Å². The lowest BCUT2D eigenvalue weighted by atomic mass is 10.0. The molecule has 0 aliphatic rings. The van der Waals surface area contributed by atoms with Crippen molar-refractivity contribution < 1.29 is 18.0 Å². The van der Waals surface area contributed by atoms with Gasteiger partial charge in [0.2, 0.25) is 11.8 Å². The lowest BCUT2D eigenvalue weighted by molar-refractivity contribution is -0.140. The van der Waals surface area contributed by atoms with Crippen LogP contribution in [0.15, 0.2) is 112 Å². The maximum absolute atomic E-state index is 14.6. The molecule has 1 N–H and O–H groups in total. The third kappa shape index (κ3) is 9.19. The van der Waals surface area contributed by atoms with E-state index in [4.69, 9.17) is 11.6 Å². The first-order chi connectivity index (χ1) is 21.2. The topological polar surface area (TPSA) is 86.8 Å². The summed E-state index contributed by atoms with van der Waals surface area (Å²) in [7, 11) is -4.22. The predicted molar refractivity (Wildman–Crippen MR) is 184 cm³/mol. The number of sulfonamides is 1. The Morgan fingerprint density at radius 1 is 0.867 bits per heavy atom. The van der Waals surface area contributed by atoms with Gasteiger partial charge in [0.25, 0.3) is 10.0 Å². The van der Waals surface area contributed by atoms with Crippen LogP contribution in [0.3, 0.4) is 0 Å². The van der Waals surface area contributed by atoms with Crippen LogP contribution in [0, 0.1) is 6.92 Å². The van der Waals surface area contributed by atoms with Crippen LogP contribution in [0.4, 0.5) is 5.69 Å². The van der Waals surface area contributed by atoms with E-state index in [9.17, 15) is 18.0 Å². The molecule has 0 aromatic heterocycles. The van der Waals surface area contributed by atoms with Gasteiger partial charge in [-0.05, 0) is 86.8 Å². The standard InChI is InChI=1S/C35H37BrClN3O4S/c1-25-11-8-9-16-31(25)40(45(43,44)30-19-17-29(37)18-20-30)24-33(41)39(23-27-14-10-15-28(36)21-27)32(34(42)38-35(2,3)4)22-26-12-6-5-7-13-26/h5-21,32H,22-24H2,1-4H3,(H,38,42). The number of para-hydroxylation sites is 1. The summed E-state index contributed by atoms with van der Waals surface area (Å²) in [6.45, 7) is 6.98. The van der Waals surface area contributed by atoms with Gasteiger partial charge in [-0.2, -0.15) is 0 Å². The van der Waals surface area contributed by atoms with E-state index in [1.54, 1.807) is 31.2 Å². The van der Waals surface area contributed by atoms with Gasteiger partial charge in [-0.25, -0.2) is 8.42 Å². The number of hydrogen-bond acceptors (Lipinski definition) is 4. The van der Waals surface area contributed by atoms with Crippen LogP contribution in [-0.4, -0.2) is 43.3 Å². The minimum atomic E-state index is -4.22. The highest BCUT2D eigenvalue weighted by Crippen LogP contribution is 2.28. The van der Waals surface area contributed by atoms with Crippen LogP contribution in [-0.2, 0) is 32.6 Å². The van der Waals surface area contributed by atoms with Crippen molar-refractivity contribution in [2.75, 3.05) is 10.8 Å². The molecule has 45 heavy (non-hydrogen) atoms. The first-order valence-electron chi connectivity index (χ1n) is 14.5. The smallest absolute Gasteiger partial charge is 0.264 e. The van der Waals surface area contributed by atoms with Gasteiger partial charge in [-0.3, -0.25) is 13.9 Å². The summed E-state index contributed by atoms with van der Waals surface area (Å²) in [6.07, 6.45) is 0.233. The van der Waals surface area contributed by atoms with E-state index >= 15 is 0 Å². The summed E-state index contributed by atoms with van der Waals surface area (Å²) in [5, 5.41) is 3.43. The van der Waals surface area contributed by atoms with Gasteiger partial charge in [0.1, 0.15) is 12.6 Å². The van der Waals surface area contributed by atoms with Crippen LogP contribution in [0.1, 0.15) is 37.5 Å². The lowest BCUT2D eigenvalue weighted by Crippen LogP contribution is -2.56. The number of carbonyl (C=O) groups excluding carboxylic acids is 2. The SMILES string of the molecule is Cc1ccccc1N(CC(=O)N(Cc1cccc(Br)c1)C(Cc1ccccc1)C(=O)NC(C)(C)C)S(=O)(=O)c1ccc(Cl)cc1. The van der Waals surface area contributed by atoms with E-state index in [1.165, 1.54) is 29.2 Å². The number of amides is 2. The minimum Gasteiger partial charge on any atom is -0.350 e. The van der Waals surface area contributed by atoms with Crippen LogP contribution >= 0.6 is 27.5 Å². The zero-order valence-corrected chi connectivity index (χ0v) is 28.9. The maximum atomic E-state index is 14.6. The van der Waals surface area contributed by atoms with Gasteiger partial charge in [-0.1, -0.05) is 88.2 Å². The van der Waals surface area contributed by atoms with Crippen molar-refractivity contribution >= 4 is 55.1 Å². The van der Waals surface area contributed by atoms with Crippen LogP contribution in [0.5, 0.6) is 0 Å². The van der Waals surface area contributed by atoms with E-state index in [0.29, 0.717) is 16.3 Å². The third-order valence-electron chi connectivity index (χ3n) is 7.08. The Morgan fingerprint density at radius 2 is 1.49 bits per heavy atom. The summed E-state index contributed by atoms with van der Waals surface area (Å²) >= 11 is 9.57. The molecule has 0 radical (unpaired) electrons. The molecule has 0 saturated heterocycles. The zero-order chi connectivity index (χ0) is 32.8. The monoisotopic (exact) mass is 709 g/mol. The van der Waals surface area contributed by atoms with Gasteiger partial charge in [0.05, 0.1) is 10.6 Å². The molecule has 4 rings (SSSR count). The highest BCUT2D eigenvalue weighted by molar-refractivity contribution is 9.10. The number of halogens is 2. The fourth-order valence-corrected chi connectivity index (χ4v) is 6.98. The Kier molecular flexibility index (Phi) is 11.1. The van der Waals surface area contributed by atoms with Gasteiger partial charge in [-0.15, -0.1) is 0 Å². The number of nitrogens with one attached hydrogen (secondary N) is 1. The van der Waals surface area contributed by atoms with E-state index in [1.807, 2.05) is 75.4 Å². The first kappa shape index (κ1) is 34.2. The van der Waals surface area contributed by atoms with E-state index < -0.39 is 34.1 Å². The Hall–Kier alpha value is -3.66. The second-order valence-corrected chi connectivity index (χ2v) is 15.1. The molecule has 0 aliphatic carbocycles. The van der Waals surface area contributed by atoms with Gasteiger partial charge in [0.15, 0.2) is 0 Å². The molecule has 4 aromatic carbocycles. The Morgan fingerprint density at radius 3 is 2.11 bits per heavy atom. The summed E-state index contributed by atoms with van der Waals surface area (Å²) in [5.41, 5.74) is 2.11. The maximum Gasteiger partial charge on any atom is 0.264 e. The summed E-state index contributed by atoms with van der Waals surface area (Å²) in [5.74, 6) is -0.863. The first-order valence-corrected chi connectivity index (χ1v) is 17.1. The highest BCUT2D eigenvalue weighted by atomic mass is 79.9. The van der Waals surface area contributed by atoms with Crippen LogP contribution in [0.25, 0.3) is 0 Å². The summed E-state index contributed by atoms with van der Waals surface area (Å²) in [6, 6.07) is 28.8. The predicted octanol–water partition coefficient (Wildman–Crippen LogP) is 7.16. The second kappa shape index (κ2) is 14.6. The number of carbonyl (C=O) groups is 2.